The lowest BCUT2D eigenvalue weighted by Crippen LogP contribution is -2.41. The van der Waals surface area contributed by atoms with Gasteiger partial charge < -0.3 is 14.9 Å². The number of rotatable bonds is 5. The monoisotopic (exact) mass is 547 g/mol. The Hall–Kier alpha value is -3.85. The van der Waals surface area contributed by atoms with E-state index >= 15 is 0 Å². The molecule has 2 N–H and O–H groups in total. The van der Waals surface area contributed by atoms with Crippen molar-refractivity contribution in [1.29, 1.82) is 0 Å². The molecule has 3 aromatic rings. The molecule has 0 bridgehead atoms. The summed E-state index contributed by atoms with van der Waals surface area (Å²) in [6.45, 7) is 6.47. The number of fused-ring (bicyclic) bond motifs is 1. The molecule has 0 unspecified atom stereocenters. The third-order valence-electron chi connectivity index (χ3n) is 7.64. The molecule has 9 heteroatoms. The first kappa shape index (κ1) is 26.7. The summed E-state index contributed by atoms with van der Waals surface area (Å²) in [5.74, 6) is -0.340. The van der Waals surface area contributed by atoms with E-state index in [1.165, 1.54) is 12.1 Å². The fraction of sp³-hybridized carbons (Fsp3) is 0.333. The van der Waals surface area contributed by atoms with Crippen LogP contribution in [0.5, 0.6) is 5.75 Å². The van der Waals surface area contributed by atoms with Crippen LogP contribution in [0.15, 0.2) is 60.7 Å². The van der Waals surface area contributed by atoms with Gasteiger partial charge >= 0.3 is 0 Å². The maximum atomic E-state index is 13.3. The number of nitrogens with one attached hydrogen (secondary N) is 1. The van der Waals surface area contributed by atoms with Gasteiger partial charge in [0.05, 0.1) is 11.9 Å². The number of phenolic OH excluding ortho intramolecular Hbond substituents is 1. The van der Waals surface area contributed by atoms with Crippen molar-refractivity contribution >= 4 is 33.2 Å². The Balaban J connectivity index is 1.32. The molecule has 1 saturated heterocycles. The van der Waals surface area contributed by atoms with E-state index in [1.807, 2.05) is 47.4 Å². The van der Waals surface area contributed by atoms with Gasteiger partial charge in [0.1, 0.15) is 5.75 Å². The van der Waals surface area contributed by atoms with Crippen LogP contribution in [0.3, 0.4) is 0 Å². The standard InChI is InChI=1S/C30H33N3O5S/c1-30(2)13-16-32(17-14-30)28(35)21-6-4-20(5-7-21)22-8-10-25-23(18-22)12-15-33(29(25)36)24-9-11-27(34)26(19-24)31-39(3,37)38/h4-11,18-19,31,34H,12-17H2,1-3H3. The SMILES string of the molecule is CC1(C)CCN(C(=O)c2ccc(-c3ccc4c(c3)CCN(c3ccc(O)c(NS(C)(=O)=O)c3)C4=O)cc2)CC1. The molecule has 204 valence electrons. The first-order valence-corrected chi connectivity index (χ1v) is 14.9. The minimum absolute atomic E-state index is 0.0231. The molecule has 2 amide bonds. The maximum Gasteiger partial charge on any atom is 0.258 e. The van der Waals surface area contributed by atoms with Crippen molar-refractivity contribution < 1.29 is 23.1 Å². The zero-order valence-corrected chi connectivity index (χ0v) is 23.2. The highest BCUT2D eigenvalue weighted by atomic mass is 32.2. The van der Waals surface area contributed by atoms with Crippen LogP contribution >= 0.6 is 0 Å². The number of piperidine rings is 1. The zero-order valence-electron chi connectivity index (χ0n) is 22.4. The first-order chi connectivity index (χ1) is 18.4. The predicted octanol–water partition coefficient (Wildman–Crippen LogP) is 4.90. The number of carbonyl (C=O) groups is 2. The van der Waals surface area contributed by atoms with E-state index in [2.05, 4.69) is 18.6 Å². The lowest BCUT2D eigenvalue weighted by atomic mass is 9.82. The van der Waals surface area contributed by atoms with E-state index in [1.54, 1.807) is 11.0 Å². The summed E-state index contributed by atoms with van der Waals surface area (Å²) >= 11 is 0. The van der Waals surface area contributed by atoms with Gasteiger partial charge in [-0.1, -0.05) is 38.1 Å². The van der Waals surface area contributed by atoms with E-state index < -0.39 is 10.0 Å². The topological polar surface area (TPSA) is 107 Å². The number of carbonyl (C=O) groups excluding carboxylic acids is 2. The highest BCUT2D eigenvalue weighted by Crippen LogP contribution is 2.34. The van der Waals surface area contributed by atoms with Crippen molar-refractivity contribution in [2.45, 2.75) is 33.1 Å². The molecule has 0 spiro atoms. The Labute approximate surface area is 229 Å². The van der Waals surface area contributed by atoms with Crippen LogP contribution in [0.2, 0.25) is 0 Å². The van der Waals surface area contributed by atoms with Crippen molar-refractivity contribution in [3.05, 3.63) is 77.4 Å². The molecule has 2 aliphatic rings. The Morgan fingerprint density at radius 2 is 1.59 bits per heavy atom. The number of aromatic hydroxyl groups is 1. The average Bonchev–Trinajstić information content (AvgIpc) is 2.89. The second-order valence-corrected chi connectivity index (χ2v) is 12.9. The Morgan fingerprint density at radius 1 is 0.923 bits per heavy atom. The van der Waals surface area contributed by atoms with Crippen LogP contribution in [0.1, 0.15) is 53.0 Å². The molecule has 3 aromatic carbocycles. The third-order valence-corrected chi connectivity index (χ3v) is 8.23. The first-order valence-electron chi connectivity index (χ1n) is 13.1. The van der Waals surface area contributed by atoms with Gasteiger partial charge in [0, 0.05) is 36.4 Å². The summed E-state index contributed by atoms with van der Waals surface area (Å²) in [4.78, 5) is 29.8. The van der Waals surface area contributed by atoms with E-state index in [0.717, 1.165) is 48.9 Å². The molecule has 5 rings (SSSR count). The van der Waals surface area contributed by atoms with Crippen molar-refractivity contribution in [2.75, 3.05) is 35.5 Å². The van der Waals surface area contributed by atoms with Gasteiger partial charge in [-0.2, -0.15) is 0 Å². The van der Waals surface area contributed by atoms with E-state index in [-0.39, 0.29) is 28.7 Å². The molecule has 0 radical (unpaired) electrons. The number of hydrogen-bond donors (Lipinski definition) is 2. The lowest BCUT2D eigenvalue weighted by Gasteiger charge is -2.37. The minimum Gasteiger partial charge on any atom is -0.506 e. The van der Waals surface area contributed by atoms with Crippen molar-refractivity contribution in [1.82, 2.24) is 4.90 Å². The molecule has 1 fully saturated rings. The molecule has 8 nitrogen and oxygen atoms in total. The largest absolute Gasteiger partial charge is 0.506 e. The number of benzene rings is 3. The molecule has 0 aromatic heterocycles. The van der Waals surface area contributed by atoms with Crippen LogP contribution in [0.25, 0.3) is 11.1 Å². The minimum atomic E-state index is -3.59. The summed E-state index contributed by atoms with van der Waals surface area (Å²) in [7, 11) is -3.59. The van der Waals surface area contributed by atoms with Gasteiger partial charge in [-0.15, -0.1) is 0 Å². The third kappa shape index (κ3) is 5.78. The molecule has 0 saturated carbocycles. The smallest absolute Gasteiger partial charge is 0.258 e. The highest BCUT2D eigenvalue weighted by molar-refractivity contribution is 7.92. The molecule has 2 aliphatic heterocycles. The van der Waals surface area contributed by atoms with Crippen molar-refractivity contribution in [3.63, 3.8) is 0 Å². The van der Waals surface area contributed by atoms with Crippen molar-refractivity contribution in [3.8, 4) is 16.9 Å². The van der Waals surface area contributed by atoms with Crippen molar-refractivity contribution in [2.24, 2.45) is 5.41 Å². The summed E-state index contributed by atoms with van der Waals surface area (Å²) in [6, 6.07) is 17.8. The fourth-order valence-electron chi connectivity index (χ4n) is 5.19. The van der Waals surface area contributed by atoms with Gasteiger partial charge in [-0.25, -0.2) is 8.42 Å². The number of phenols is 1. The van der Waals surface area contributed by atoms with Crippen LogP contribution < -0.4 is 9.62 Å². The fourth-order valence-corrected chi connectivity index (χ4v) is 5.75. The van der Waals surface area contributed by atoms with Gasteiger partial charge in [-0.3, -0.25) is 14.3 Å². The molecule has 0 atom stereocenters. The second kappa shape index (κ2) is 10.0. The molecular weight excluding hydrogens is 514 g/mol. The number of anilines is 2. The van der Waals surface area contributed by atoms with Crippen LogP contribution in [-0.4, -0.2) is 56.1 Å². The molecule has 39 heavy (non-hydrogen) atoms. The summed E-state index contributed by atoms with van der Waals surface area (Å²) in [5.41, 5.74) is 4.94. The number of likely N-dealkylation sites (tertiary alicyclic amines) is 1. The quantitative estimate of drug-likeness (QED) is 0.442. The average molecular weight is 548 g/mol. The number of amides is 2. The van der Waals surface area contributed by atoms with Gasteiger partial charge in [0.25, 0.3) is 11.8 Å². The van der Waals surface area contributed by atoms with Gasteiger partial charge in [0.2, 0.25) is 10.0 Å². The highest BCUT2D eigenvalue weighted by Gasteiger charge is 2.29. The van der Waals surface area contributed by atoms with Gasteiger partial charge in [-0.05, 0) is 77.8 Å². The van der Waals surface area contributed by atoms with E-state index in [4.69, 9.17) is 0 Å². The summed E-state index contributed by atoms with van der Waals surface area (Å²) in [5, 5.41) is 10.0. The van der Waals surface area contributed by atoms with Crippen LogP contribution in [-0.2, 0) is 16.4 Å². The lowest BCUT2D eigenvalue weighted by molar-refractivity contribution is 0.0630. The Kier molecular flexibility index (Phi) is 6.88. The van der Waals surface area contributed by atoms with Crippen LogP contribution in [0, 0.1) is 5.41 Å². The van der Waals surface area contributed by atoms with Gasteiger partial charge in [0.15, 0.2) is 0 Å². The maximum absolute atomic E-state index is 13.3. The molecular formula is C30H33N3O5S. The van der Waals surface area contributed by atoms with E-state index in [9.17, 15) is 23.1 Å². The number of hydrogen-bond acceptors (Lipinski definition) is 5. The Bertz CT molecular complexity index is 1540. The summed E-state index contributed by atoms with van der Waals surface area (Å²) in [6.07, 6.45) is 3.63. The Morgan fingerprint density at radius 3 is 2.26 bits per heavy atom. The molecule has 0 aliphatic carbocycles. The predicted molar refractivity (Wildman–Crippen MR) is 153 cm³/mol. The second-order valence-electron chi connectivity index (χ2n) is 11.2. The van der Waals surface area contributed by atoms with E-state index in [0.29, 0.717) is 29.8 Å². The summed E-state index contributed by atoms with van der Waals surface area (Å²) < 4.78 is 25.6. The number of nitrogens with zero attached hydrogens (tertiary/aromatic N) is 2. The van der Waals surface area contributed by atoms with Crippen LogP contribution in [0.4, 0.5) is 11.4 Å². The normalized spacial score (nSPS) is 17.1. The number of sulfonamides is 1. The zero-order chi connectivity index (χ0) is 27.9. The molecule has 2 heterocycles.